The lowest BCUT2D eigenvalue weighted by Crippen LogP contribution is -2.23. The van der Waals surface area contributed by atoms with E-state index < -0.39 is 0 Å². The van der Waals surface area contributed by atoms with Crippen LogP contribution < -0.4 is 14.8 Å². The Morgan fingerprint density at radius 3 is 2.71 bits per heavy atom. The molecule has 1 heterocycles. The number of hydrogen-bond acceptors (Lipinski definition) is 5. The molecule has 112 valence electrons. The summed E-state index contributed by atoms with van der Waals surface area (Å²) in [7, 11) is 2.96. The molecule has 0 spiro atoms. The van der Waals surface area contributed by atoms with Gasteiger partial charge in [0.25, 0.3) is 5.91 Å². The van der Waals surface area contributed by atoms with Crippen LogP contribution in [0.3, 0.4) is 0 Å². The van der Waals surface area contributed by atoms with Crippen LogP contribution in [-0.2, 0) is 6.54 Å². The van der Waals surface area contributed by atoms with Gasteiger partial charge in [0.1, 0.15) is 12.0 Å². The second-order valence-electron chi connectivity index (χ2n) is 4.32. The lowest BCUT2D eigenvalue weighted by atomic mass is 10.2. The number of benzene rings is 1. The molecule has 0 unspecified atom stereocenters. The average molecular weight is 311 g/mol. The van der Waals surface area contributed by atoms with Crippen molar-refractivity contribution in [2.75, 3.05) is 14.2 Å². The van der Waals surface area contributed by atoms with Gasteiger partial charge in [-0.2, -0.15) is 0 Å². The van der Waals surface area contributed by atoms with Crippen molar-refractivity contribution in [2.45, 2.75) is 13.5 Å². The number of carbonyl (C=O) groups excluding carboxylic acids is 1. The summed E-state index contributed by atoms with van der Waals surface area (Å²) >= 11 is 6.07. The van der Waals surface area contributed by atoms with E-state index in [4.69, 9.17) is 25.6 Å². The standard InChI is InChI=1S/C14H15ClN2O4/c1-8-7-21-17-11(8)6-16-14(18)9-4-10(15)13(20-3)12(5-9)19-2/h4-5,7H,6H2,1-3H3,(H,16,18). The van der Waals surface area contributed by atoms with Gasteiger partial charge in [0.2, 0.25) is 0 Å². The molecule has 2 aromatic rings. The zero-order valence-corrected chi connectivity index (χ0v) is 12.7. The maximum atomic E-state index is 12.1. The molecule has 1 N–H and O–H groups in total. The van der Waals surface area contributed by atoms with Crippen molar-refractivity contribution >= 4 is 17.5 Å². The molecule has 1 aromatic carbocycles. The Labute approximate surface area is 127 Å². The molecular weight excluding hydrogens is 296 g/mol. The number of rotatable bonds is 5. The summed E-state index contributed by atoms with van der Waals surface area (Å²) in [5.41, 5.74) is 1.93. The van der Waals surface area contributed by atoms with Crippen LogP contribution in [0.4, 0.5) is 0 Å². The van der Waals surface area contributed by atoms with Crippen LogP contribution in [0.1, 0.15) is 21.6 Å². The predicted octanol–water partition coefficient (Wildman–Crippen LogP) is 2.58. The first kappa shape index (κ1) is 15.2. The van der Waals surface area contributed by atoms with Gasteiger partial charge < -0.3 is 19.3 Å². The van der Waals surface area contributed by atoms with E-state index in [-0.39, 0.29) is 12.5 Å². The topological polar surface area (TPSA) is 73.6 Å². The molecule has 0 aliphatic heterocycles. The van der Waals surface area contributed by atoms with E-state index in [0.717, 1.165) is 5.56 Å². The molecule has 1 amide bonds. The fourth-order valence-electron chi connectivity index (χ4n) is 1.80. The number of methoxy groups -OCH3 is 2. The molecular formula is C14H15ClN2O4. The van der Waals surface area contributed by atoms with Crippen molar-refractivity contribution in [2.24, 2.45) is 0 Å². The first-order valence-electron chi connectivity index (χ1n) is 6.16. The summed E-state index contributed by atoms with van der Waals surface area (Å²) in [6, 6.07) is 3.09. The lowest BCUT2D eigenvalue weighted by molar-refractivity contribution is 0.0949. The van der Waals surface area contributed by atoms with Crippen LogP contribution in [0.15, 0.2) is 22.9 Å². The van der Waals surface area contributed by atoms with Crippen LogP contribution in [-0.4, -0.2) is 25.3 Å². The first-order valence-corrected chi connectivity index (χ1v) is 6.54. The van der Waals surface area contributed by atoms with Gasteiger partial charge in [0.15, 0.2) is 11.5 Å². The average Bonchev–Trinajstić information content (AvgIpc) is 2.89. The number of aryl methyl sites for hydroxylation is 1. The molecule has 21 heavy (non-hydrogen) atoms. The fourth-order valence-corrected chi connectivity index (χ4v) is 2.08. The third-order valence-electron chi connectivity index (χ3n) is 2.96. The maximum absolute atomic E-state index is 12.1. The number of ether oxygens (including phenoxy) is 2. The van der Waals surface area contributed by atoms with Gasteiger partial charge in [-0.1, -0.05) is 16.8 Å². The number of halogens is 1. The quantitative estimate of drug-likeness (QED) is 0.919. The summed E-state index contributed by atoms with van der Waals surface area (Å²) in [5, 5.41) is 6.85. The third-order valence-corrected chi connectivity index (χ3v) is 3.24. The summed E-state index contributed by atoms with van der Waals surface area (Å²) in [6.07, 6.45) is 1.52. The Bertz CT molecular complexity index is 654. The minimum absolute atomic E-state index is 0.271. The van der Waals surface area contributed by atoms with E-state index in [1.54, 1.807) is 6.07 Å². The minimum atomic E-state index is -0.291. The molecule has 0 atom stereocenters. The monoisotopic (exact) mass is 310 g/mol. The van der Waals surface area contributed by atoms with Crippen LogP contribution in [0.2, 0.25) is 5.02 Å². The van der Waals surface area contributed by atoms with E-state index in [2.05, 4.69) is 10.5 Å². The minimum Gasteiger partial charge on any atom is -0.493 e. The Hall–Kier alpha value is -2.21. The number of nitrogens with zero attached hydrogens (tertiary/aromatic N) is 1. The van der Waals surface area contributed by atoms with Crippen LogP contribution in [0, 0.1) is 6.92 Å². The lowest BCUT2D eigenvalue weighted by Gasteiger charge is -2.11. The number of amides is 1. The summed E-state index contributed by atoms with van der Waals surface area (Å²) in [4.78, 5) is 12.1. The van der Waals surface area contributed by atoms with Gasteiger partial charge in [0, 0.05) is 11.1 Å². The second kappa shape index (κ2) is 6.49. The van der Waals surface area contributed by atoms with Crippen molar-refractivity contribution in [3.8, 4) is 11.5 Å². The molecule has 0 aliphatic rings. The van der Waals surface area contributed by atoms with Gasteiger partial charge in [-0.25, -0.2) is 0 Å². The van der Waals surface area contributed by atoms with Gasteiger partial charge >= 0.3 is 0 Å². The predicted molar refractivity (Wildman–Crippen MR) is 77.0 cm³/mol. The zero-order chi connectivity index (χ0) is 15.4. The smallest absolute Gasteiger partial charge is 0.251 e. The number of hydrogen-bond donors (Lipinski definition) is 1. The molecule has 0 fully saturated rings. The number of nitrogens with one attached hydrogen (secondary N) is 1. The van der Waals surface area contributed by atoms with Crippen molar-refractivity contribution in [3.05, 3.63) is 40.2 Å². The molecule has 6 nitrogen and oxygen atoms in total. The van der Waals surface area contributed by atoms with Gasteiger partial charge in [0.05, 0.1) is 25.8 Å². The molecule has 0 bridgehead atoms. The van der Waals surface area contributed by atoms with E-state index in [1.165, 1.54) is 26.5 Å². The molecule has 0 aliphatic carbocycles. The fraction of sp³-hybridized carbons (Fsp3) is 0.286. The van der Waals surface area contributed by atoms with Crippen molar-refractivity contribution in [1.82, 2.24) is 10.5 Å². The van der Waals surface area contributed by atoms with Gasteiger partial charge in [-0.3, -0.25) is 4.79 Å². The molecule has 1 aromatic heterocycles. The van der Waals surface area contributed by atoms with E-state index in [1.807, 2.05) is 6.92 Å². The molecule has 7 heteroatoms. The SMILES string of the molecule is COc1cc(C(=O)NCc2nocc2C)cc(Cl)c1OC. The Morgan fingerprint density at radius 1 is 1.38 bits per heavy atom. The van der Waals surface area contributed by atoms with Crippen molar-refractivity contribution < 1.29 is 18.8 Å². The highest BCUT2D eigenvalue weighted by Gasteiger charge is 2.15. The maximum Gasteiger partial charge on any atom is 0.251 e. The van der Waals surface area contributed by atoms with Gasteiger partial charge in [-0.15, -0.1) is 0 Å². The highest BCUT2D eigenvalue weighted by atomic mass is 35.5. The van der Waals surface area contributed by atoms with E-state index >= 15 is 0 Å². The molecule has 0 radical (unpaired) electrons. The normalized spacial score (nSPS) is 10.3. The van der Waals surface area contributed by atoms with Crippen molar-refractivity contribution in [1.29, 1.82) is 0 Å². The van der Waals surface area contributed by atoms with Crippen LogP contribution in [0.5, 0.6) is 11.5 Å². The highest BCUT2D eigenvalue weighted by molar-refractivity contribution is 6.32. The summed E-state index contributed by atoms with van der Waals surface area (Å²) in [6.45, 7) is 2.12. The largest absolute Gasteiger partial charge is 0.493 e. The molecule has 2 rings (SSSR count). The van der Waals surface area contributed by atoms with Gasteiger partial charge in [-0.05, 0) is 19.1 Å². The second-order valence-corrected chi connectivity index (χ2v) is 4.73. The zero-order valence-electron chi connectivity index (χ0n) is 11.9. The van der Waals surface area contributed by atoms with Crippen LogP contribution in [0.25, 0.3) is 0 Å². The third kappa shape index (κ3) is 3.28. The molecule has 0 saturated heterocycles. The number of carbonyl (C=O) groups is 1. The Kier molecular flexibility index (Phi) is 4.70. The van der Waals surface area contributed by atoms with E-state index in [0.29, 0.717) is 27.8 Å². The first-order chi connectivity index (χ1) is 10.1. The number of aromatic nitrogens is 1. The highest BCUT2D eigenvalue weighted by Crippen LogP contribution is 2.35. The van der Waals surface area contributed by atoms with E-state index in [9.17, 15) is 4.79 Å². The molecule has 0 saturated carbocycles. The van der Waals surface area contributed by atoms with Crippen LogP contribution >= 0.6 is 11.6 Å². The Balaban J connectivity index is 2.16. The summed E-state index contributed by atoms with van der Waals surface area (Å²) in [5.74, 6) is 0.496. The van der Waals surface area contributed by atoms with Crippen molar-refractivity contribution in [3.63, 3.8) is 0 Å². The summed E-state index contributed by atoms with van der Waals surface area (Å²) < 4.78 is 15.1. The Morgan fingerprint density at radius 2 is 2.14 bits per heavy atom.